The monoisotopic (exact) mass is 453 g/mol. The van der Waals surface area contributed by atoms with Crippen molar-refractivity contribution < 1.29 is 19.1 Å². The molecule has 2 unspecified atom stereocenters. The van der Waals surface area contributed by atoms with E-state index in [1.165, 1.54) is 0 Å². The molecule has 0 aliphatic heterocycles. The van der Waals surface area contributed by atoms with Gasteiger partial charge in [0.25, 0.3) is 11.8 Å². The van der Waals surface area contributed by atoms with Gasteiger partial charge in [-0.15, -0.1) is 0 Å². The first-order valence-corrected chi connectivity index (χ1v) is 11.5. The van der Waals surface area contributed by atoms with Crippen LogP contribution in [0.2, 0.25) is 0 Å². The fourth-order valence-electron chi connectivity index (χ4n) is 2.87. The summed E-state index contributed by atoms with van der Waals surface area (Å²) in [6.07, 6.45) is 1.22. The minimum atomic E-state index is -0.665. The standard InChI is InChI=1S/C26H35N3O4/c1-5-18(3)15-27-24(30)21-12-22(25(31)28-16-19(4)6-2)14-23(13-21)29-26(32)33-17-20-10-8-7-9-11-20/h7-14,18-19H,5-6,15-17H2,1-4H3,(H,27,30)(H,28,31)(H,29,32). The Morgan fingerprint density at radius 2 is 1.33 bits per heavy atom. The molecule has 2 rings (SSSR count). The Hall–Kier alpha value is -3.35. The second-order valence-electron chi connectivity index (χ2n) is 8.43. The normalized spacial score (nSPS) is 12.4. The Kier molecular flexibility index (Phi) is 10.4. The first-order valence-electron chi connectivity index (χ1n) is 11.5. The van der Waals surface area contributed by atoms with Crippen molar-refractivity contribution in [2.24, 2.45) is 11.8 Å². The molecule has 0 aliphatic rings. The Morgan fingerprint density at radius 3 is 1.82 bits per heavy atom. The van der Waals surface area contributed by atoms with Gasteiger partial charge in [0.1, 0.15) is 6.61 Å². The molecule has 0 heterocycles. The fourth-order valence-corrected chi connectivity index (χ4v) is 2.87. The van der Waals surface area contributed by atoms with Gasteiger partial charge in [0.15, 0.2) is 0 Å². The van der Waals surface area contributed by atoms with Crippen molar-refractivity contribution in [3.63, 3.8) is 0 Å². The number of hydrogen-bond acceptors (Lipinski definition) is 4. The molecule has 0 radical (unpaired) electrons. The lowest BCUT2D eigenvalue weighted by Gasteiger charge is -2.14. The van der Waals surface area contributed by atoms with Crippen LogP contribution in [0.1, 0.15) is 66.8 Å². The van der Waals surface area contributed by atoms with E-state index in [9.17, 15) is 14.4 Å². The van der Waals surface area contributed by atoms with Crippen LogP contribution in [0.5, 0.6) is 0 Å². The molecule has 7 heteroatoms. The van der Waals surface area contributed by atoms with Gasteiger partial charge >= 0.3 is 6.09 Å². The van der Waals surface area contributed by atoms with Crippen molar-refractivity contribution in [1.82, 2.24) is 10.6 Å². The number of hydrogen-bond donors (Lipinski definition) is 3. The highest BCUT2D eigenvalue weighted by molar-refractivity contribution is 6.02. The van der Waals surface area contributed by atoms with Crippen molar-refractivity contribution >= 4 is 23.6 Å². The highest BCUT2D eigenvalue weighted by Gasteiger charge is 2.16. The molecule has 0 saturated carbocycles. The van der Waals surface area contributed by atoms with Crippen molar-refractivity contribution in [3.05, 3.63) is 65.2 Å². The smallest absolute Gasteiger partial charge is 0.411 e. The van der Waals surface area contributed by atoms with E-state index in [0.717, 1.165) is 18.4 Å². The molecule has 178 valence electrons. The number of rotatable bonds is 11. The predicted molar refractivity (Wildman–Crippen MR) is 130 cm³/mol. The highest BCUT2D eigenvalue weighted by atomic mass is 16.5. The zero-order valence-electron chi connectivity index (χ0n) is 19.9. The summed E-state index contributed by atoms with van der Waals surface area (Å²) in [4.78, 5) is 37.7. The third-order valence-corrected chi connectivity index (χ3v) is 5.53. The Morgan fingerprint density at radius 1 is 0.818 bits per heavy atom. The number of ether oxygens (including phenoxy) is 1. The van der Waals surface area contributed by atoms with Crippen LogP contribution in [-0.4, -0.2) is 31.0 Å². The molecule has 2 aromatic rings. The molecule has 0 spiro atoms. The van der Waals surface area contributed by atoms with Crippen LogP contribution in [0.3, 0.4) is 0 Å². The largest absolute Gasteiger partial charge is 0.444 e. The van der Waals surface area contributed by atoms with Gasteiger partial charge in [0.05, 0.1) is 0 Å². The average Bonchev–Trinajstić information content (AvgIpc) is 2.84. The van der Waals surface area contributed by atoms with E-state index in [0.29, 0.717) is 41.7 Å². The molecule has 33 heavy (non-hydrogen) atoms. The highest BCUT2D eigenvalue weighted by Crippen LogP contribution is 2.17. The summed E-state index contributed by atoms with van der Waals surface area (Å²) >= 11 is 0. The molecule has 0 bridgehead atoms. The number of nitrogens with one attached hydrogen (secondary N) is 3. The molecular weight excluding hydrogens is 418 g/mol. The predicted octanol–water partition coefficient (Wildman–Crippen LogP) is 4.99. The maximum Gasteiger partial charge on any atom is 0.411 e. The minimum Gasteiger partial charge on any atom is -0.444 e. The van der Waals surface area contributed by atoms with E-state index < -0.39 is 6.09 Å². The Labute approximate surface area is 196 Å². The third kappa shape index (κ3) is 8.96. The quantitative estimate of drug-likeness (QED) is 0.447. The van der Waals surface area contributed by atoms with Gasteiger partial charge < -0.3 is 15.4 Å². The van der Waals surface area contributed by atoms with Crippen LogP contribution in [0.4, 0.5) is 10.5 Å². The number of amides is 3. The van der Waals surface area contributed by atoms with Crippen molar-refractivity contribution in [2.45, 2.75) is 47.1 Å². The first-order chi connectivity index (χ1) is 15.8. The lowest BCUT2D eigenvalue weighted by atomic mass is 10.1. The summed E-state index contributed by atoms with van der Waals surface area (Å²) in [6, 6.07) is 13.9. The van der Waals surface area contributed by atoms with Crippen molar-refractivity contribution in [2.75, 3.05) is 18.4 Å². The SMILES string of the molecule is CCC(C)CNC(=O)c1cc(NC(=O)OCc2ccccc2)cc(C(=O)NCC(C)CC)c1. The summed E-state index contributed by atoms with van der Waals surface area (Å²) in [5, 5.41) is 8.41. The number of benzene rings is 2. The number of carbonyl (C=O) groups is 3. The second kappa shape index (κ2) is 13.3. The van der Waals surface area contributed by atoms with E-state index in [1.54, 1.807) is 18.2 Å². The molecule has 0 aliphatic carbocycles. The van der Waals surface area contributed by atoms with E-state index >= 15 is 0 Å². The maximum absolute atomic E-state index is 12.7. The van der Waals surface area contributed by atoms with Gasteiger partial charge in [-0.3, -0.25) is 14.9 Å². The lowest BCUT2D eigenvalue weighted by Crippen LogP contribution is -2.30. The van der Waals surface area contributed by atoms with Gasteiger partial charge in [-0.25, -0.2) is 4.79 Å². The van der Waals surface area contributed by atoms with Crippen LogP contribution in [0.25, 0.3) is 0 Å². The Bertz CT molecular complexity index is 886. The van der Waals surface area contributed by atoms with E-state index in [2.05, 4.69) is 43.6 Å². The summed E-state index contributed by atoms with van der Waals surface area (Å²) < 4.78 is 5.27. The second-order valence-corrected chi connectivity index (χ2v) is 8.43. The van der Waals surface area contributed by atoms with Gasteiger partial charge in [-0.05, 0) is 35.6 Å². The molecule has 0 fully saturated rings. The topological polar surface area (TPSA) is 96.5 Å². The van der Waals surface area contributed by atoms with Crippen LogP contribution in [-0.2, 0) is 11.3 Å². The average molecular weight is 454 g/mol. The van der Waals surface area contributed by atoms with E-state index in [1.807, 2.05) is 30.3 Å². The minimum absolute atomic E-state index is 0.115. The van der Waals surface area contributed by atoms with E-state index in [-0.39, 0.29) is 18.4 Å². The third-order valence-electron chi connectivity index (χ3n) is 5.53. The molecule has 2 atom stereocenters. The zero-order valence-corrected chi connectivity index (χ0v) is 19.9. The van der Waals surface area contributed by atoms with Crippen LogP contribution >= 0.6 is 0 Å². The van der Waals surface area contributed by atoms with Crippen LogP contribution in [0.15, 0.2) is 48.5 Å². The molecular formula is C26H35N3O4. The molecule has 7 nitrogen and oxygen atoms in total. The summed E-state index contributed by atoms with van der Waals surface area (Å²) in [5.74, 6) is 0.0724. The lowest BCUT2D eigenvalue weighted by molar-refractivity contribution is 0.0947. The van der Waals surface area contributed by atoms with Gasteiger partial charge in [-0.2, -0.15) is 0 Å². The first kappa shape index (κ1) is 25.9. The van der Waals surface area contributed by atoms with Crippen molar-refractivity contribution in [1.29, 1.82) is 0 Å². The van der Waals surface area contributed by atoms with Crippen molar-refractivity contribution in [3.8, 4) is 0 Å². The van der Waals surface area contributed by atoms with Crippen LogP contribution in [0, 0.1) is 11.8 Å². The van der Waals surface area contributed by atoms with Crippen LogP contribution < -0.4 is 16.0 Å². The van der Waals surface area contributed by atoms with Gasteiger partial charge in [0.2, 0.25) is 0 Å². The molecule has 3 N–H and O–H groups in total. The number of carbonyl (C=O) groups excluding carboxylic acids is 3. The summed E-state index contributed by atoms with van der Waals surface area (Å²) in [7, 11) is 0. The van der Waals surface area contributed by atoms with Gasteiger partial charge in [0, 0.05) is 29.9 Å². The molecule has 0 saturated heterocycles. The Balaban J connectivity index is 2.15. The molecule has 3 amide bonds. The molecule has 2 aromatic carbocycles. The summed E-state index contributed by atoms with van der Waals surface area (Å²) in [6.45, 7) is 9.39. The zero-order chi connectivity index (χ0) is 24.2. The fraction of sp³-hybridized carbons (Fsp3) is 0.423. The summed E-state index contributed by atoms with van der Waals surface area (Å²) in [5.41, 5.74) is 1.77. The molecule has 0 aromatic heterocycles. The van der Waals surface area contributed by atoms with Gasteiger partial charge in [-0.1, -0.05) is 70.9 Å². The maximum atomic E-state index is 12.7. The van der Waals surface area contributed by atoms with E-state index in [4.69, 9.17) is 4.74 Å². The number of anilines is 1.